The number of nitrogens with one attached hydrogen (secondary N) is 3. The minimum Gasteiger partial charge on any atom is -0.467 e. The first-order valence-corrected chi connectivity index (χ1v) is 9.51. The summed E-state index contributed by atoms with van der Waals surface area (Å²) in [5.41, 5.74) is 7.89. The summed E-state index contributed by atoms with van der Waals surface area (Å²) in [7, 11) is 1.26. The van der Waals surface area contributed by atoms with Gasteiger partial charge in [0.25, 0.3) is 0 Å². The lowest BCUT2D eigenvalue weighted by molar-refractivity contribution is -0.145. The Morgan fingerprint density at radius 3 is 2.37 bits per heavy atom. The highest BCUT2D eigenvalue weighted by Gasteiger charge is 2.28. The van der Waals surface area contributed by atoms with Crippen LogP contribution in [0.2, 0.25) is 0 Å². The second-order valence-corrected chi connectivity index (χ2v) is 6.90. The zero-order valence-corrected chi connectivity index (χ0v) is 16.6. The number of H-pyrrole nitrogens is 1. The maximum atomic E-state index is 12.9. The van der Waals surface area contributed by atoms with Crippen LogP contribution in [0.5, 0.6) is 0 Å². The highest BCUT2D eigenvalue weighted by Crippen LogP contribution is 2.19. The van der Waals surface area contributed by atoms with Gasteiger partial charge in [0, 0.05) is 29.9 Å². The van der Waals surface area contributed by atoms with E-state index in [1.165, 1.54) is 7.11 Å². The Morgan fingerprint density at radius 2 is 1.67 bits per heavy atom. The Kier molecular flexibility index (Phi) is 6.69. The molecule has 1 aromatic heterocycles. The third kappa shape index (κ3) is 5.16. The molecule has 0 fully saturated rings. The monoisotopic (exact) mass is 408 g/mol. The van der Waals surface area contributed by atoms with Crippen LogP contribution in [0.25, 0.3) is 10.9 Å². The lowest BCUT2D eigenvalue weighted by atomic mass is 10.0. The third-order valence-electron chi connectivity index (χ3n) is 4.82. The fraction of sp³-hybridized carbons (Fsp3) is 0.227. The fourth-order valence-electron chi connectivity index (χ4n) is 3.36. The number of esters is 1. The van der Waals surface area contributed by atoms with Crippen molar-refractivity contribution in [2.24, 2.45) is 5.73 Å². The van der Waals surface area contributed by atoms with Crippen molar-refractivity contribution in [2.75, 3.05) is 7.11 Å². The number of ether oxygens (including phenoxy) is 1. The van der Waals surface area contributed by atoms with Crippen LogP contribution in [0.4, 0.5) is 4.79 Å². The molecule has 156 valence electrons. The van der Waals surface area contributed by atoms with E-state index in [1.54, 1.807) is 6.20 Å². The van der Waals surface area contributed by atoms with Gasteiger partial charge in [-0.25, -0.2) is 9.59 Å². The quantitative estimate of drug-likeness (QED) is 0.423. The zero-order chi connectivity index (χ0) is 21.5. The van der Waals surface area contributed by atoms with Gasteiger partial charge in [-0.05, 0) is 17.2 Å². The van der Waals surface area contributed by atoms with E-state index in [2.05, 4.69) is 15.6 Å². The van der Waals surface area contributed by atoms with Gasteiger partial charge in [-0.3, -0.25) is 4.79 Å². The van der Waals surface area contributed by atoms with Crippen LogP contribution in [-0.2, 0) is 27.2 Å². The first-order chi connectivity index (χ1) is 14.5. The number of fused-ring (bicyclic) bond motifs is 1. The van der Waals surface area contributed by atoms with E-state index in [0.29, 0.717) is 0 Å². The number of primary amides is 1. The lowest BCUT2D eigenvalue weighted by Gasteiger charge is -2.22. The molecule has 3 rings (SSSR count). The highest BCUT2D eigenvalue weighted by atomic mass is 16.5. The molecule has 5 N–H and O–H groups in total. The van der Waals surface area contributed by atoms with E-state index in [-0.39, 0.29) is 12.8 Å². The number of rotatable bonds is 8. The fourth-order valence-corrected chi connectivity index (χ4v) is 3.36. The summed E-state index contributed by atoms with van der Waals surface area (Å²) < 4.78 is 4.88. The first kappa shape index (κ1) is 20.9. The highest BCUT2D eigenvalue weighted by molar-refractivity contribution is 5.91. The molecule has 0 radical (unpaired) electrons. The molecule has 1 heterocycles. The van der Waals surface area contributed by atoms with Gasteiger partial charge in [-0.1, -0.05) is 48.5 Å². The number of nitrogens with two attached hydrogens (primary N) is 1. The van der Waals surface area contributed by atoms with Gasteiger partial charge in [0.2, 0.25) is 5.91 Å². The van der Waals surface area contributed by atoms with Crippen LogP contribution in [-0.4, -0.2) is 42.1 Å². The van der Waals surface area contributed by atoms with Gasteiger partial charge < -0.3 is 26.1 Å². The Morgan fingerprint density at radius 1 is 0.967 bits per heavy atom. The first-order valence-electron chi connectivity index (χ1n) is 9.51. The summed E-state index contributed by atoms with van der Waals surface area (Å²) in [5, 5.41) is 6.10. The van der Waals surface area contributed by atoms with E-state index in [0.717, 1.165) is 22.0 Å². The number of aromatic nitrogens is 1. The van der Waals surface area contributed by atoms with Crippen molar-refractivity contribution in [3.05, 3.63) is 71.9 Å². The molecule has 0 aliphatic rings. The third-order valence-corrected chi connectivity index (χ3v) is 4.82. The molecular formula is C22H24N4O4. The number of benzene rings is 2. The van der Waals surface area contributed by atoms with Crippen LogP contribution in [0.15, 0.2) is 60.8 Å². The summed E-state index contributed by atoms with van der Waals surface area (Å²) >= 11 is 0. The maximum absolute atomic E-state index is 12.9. The molecule has 0 bridgehead atoms. The second-order valence-electron chi connectivity index (χ2n) is 6.90. The largest absolute Gasteiger partial charge is 0.467 e. The van der Waals surface area contributed by atoms with E-state index >= 15 is 0 Å². The van der Waals surface area contributed by atoms with Crippen LogP contribution in [0.1, 0.15) is 11.1 Å². The van der Waals surface area contributed by atoms with Crippen molar-refractivity contribution in [3.8, 4) is 0 Å². The maximum Gasteiger partial charge on any atom is 0.328 e. The van der Waals surface area contributed by atoms with Gasteiger partial charge in [-0.15, -0.1) is 0 Å². The zero-order valence-electron chi connectivity index (χ0n) is 16.6. The number of hydrogen-bond donors (Lipinski definition) is 4. The molecule has 0 spiro atoms. The van der Waals surface area contributed by atoms with Crippen molar-refractivity contribution < 1.29 is 19.1 Å². The number of para-hydroxylation sites is 1. The normalized spacial score (nSPS) is 12.7. The summed E-state index contributed by atoms with van der Waals surface area (Å²) in [6, 6.07) is 14.2. The topological polar surface area (TPSA) is 126 Å². The Balaban J connectivity index is 1.78. The summed E-state index contributed by atoms with van der Waals surface area (Å²) in [6.45, 7) is 0. The van der Waals surface area contributed by atoms with Crippen molar-refractivity contribution >= 4 is 28.8 Å². The molecular weight excluding hydrogens is 384 g/mol. The Bertz CT molecular complexity index is 1030. The number of carbonyl (C=O) groups excluding carboxylic acids is 3. The van der Waals surface area contributed by atoms with Crippen LogP contribution < -0.4 is 16.4 Å². The molecule has 30 heavy (non-hydrogen) atoms. The molecule has 8 nitrogen and oxygen atoms in total. The number of methoxy groups -OCH3 is 1. The molecule has 2 atom stereocenters. The molecule has 0 aliphatic heterocycles. The average Bonchev–Trinajstić information content (AvgIpc) is 3.15. The van der Waals surface area contributed by atoms with Crippen molar-refractivity contribution in [2.45, 2.75) is 24.9 Å². The molecule has 0 saturated heterocycles. The van der Waals surface area contributed by atoms with Gasteiger partial charge in [0.1, 0.15) is 12.1 Å². The lowest BCUT2D eigenvalue weighted by Crippen LogP contribution is -2.54. The van der Waals surface area contributed by atoms with E-state index in [9.17, 15) is 14.4 Å². The molecule has 3 aromatic rings. The standard InChI is InChI=1S/C22H24N4O4/c1-30-21(28)19(12-15-13-24-17-10-6-5-9-16(15)17)25-20(27)18(26-22(23)29)11-14-7-3-2-4-8-14/h2-10,13,18-19,24H,11-12H2,1H3,(H,25,27)(H3,23,26,29)/t18-,19+/m0/s1. The Hall–Kier alpha value is -3.81. The average molecular weight is 408 g/mol. The van der Waals surface area contributed by atoms with E-state index in [4.69, 9.17) is 10.5 Å². The predicted molar refractivity (Wildman–Crippen MR) is 113 cm³/mol. The minimum atomic E-state index is -0.931. The smallest absolute Gasteiger partial charge is 0.328 e. The van der Waals surface area contributed by atoms with Crippen LogP contribution >= 0.6 is 0 Å². The van der Waals surface area contributed by atoms with Gasteiger partial charge in [-0.2, -0.15) is 0 Å². The minimum absolute atomic E-state index is 0.233. The molecule has 2 aromatic carbocycles. The number of urea groups is 1. The molecule has 8 heteroatoms. The summed E-state index contributed by atoms with van der Waals surface area (Å²) in [5.74, 6) is -1.10. The van der Waals surface area contributed by atoms with E-state index < -0.39 is 30.0 Å². The van der Waals surface area contributed by atoms with Crippen LogP contribution in [0, 0.1) is 0 Å². The Labute approximate surface area is 173 Å². The number of aromatic amines is 1. The van der Waals surface area contributed by atoms with Crippen molar-refractivity contribution in [3.63, 3.8) is 0 Å². The van der Waals surface area contributed by atoms with Gasteiger partial charge in [0.15, 0.2) is 0 Å². The van der Waals surface area contributed by atoms with Crippen molar-refractivity contribution in [1.29, 1.82) is 0 Å². The van der Waals surface area contributed by atoms with E-state index in [1.807, 2.05) is 54.6 Å². The molecule has 0 aliphatic carbocycles. The summed E-state index contributed by atoms with van der Waals surface area (Å²) in [6.07, 6.45) is 2.27. The number of hydrogen-bond acceptors (Lipinski definition) is 4. The van der Waals surface area contributed by atoms with Gasteiger partial charge >= 0.3 is 12.0 Å². The summed E-state index contributed by atoms with van der Waals surface area (Å²) in [4.78, 5) is 39.8. The second kappa shape index (κ2) is 9.60. The van der Waals surface area contributed by atoms with Gasteiger partial charge in [0.05, 0.1) is 7.11 Å². The number of carbonyl (C=O) groups is 3. The number of amides is 3. The predicted octanol–water partition coefficient (Wildman–Crippen LogP) is 1.65. The van der Waals surface area contributed by atoms with Crippen molar-refractivity contribution in [1.82, 2.24) is 15.6 Å². The molecule has 3 amide bonds. The SMILES string of the molecule is COC(=O)[C@@H](Cc1c[nH]c2ccccc12)NC(=O)[C@H](Cc1ccccc1)NC(N)=O. The molecule has 0 saturated carbocycles. The molecule has 0 unspecified atom stereocenters. The van der Waals surface area contributed by atoms with Crippen LogP contribution in [0.3, 0.4) is 0 Å².